The molecule has 2 aromatic carbocycles. The van der Waals surface area contributed by atoms with Crippen molar-refractivity contribution in [1.29, 1.82) is 5.26 Å². The number of piperazine rings is 1. The number of hydrogen-bond donors (Lipinski definition) is 3. The lowest BCUT2D eigenvalue weighted by Gasteiger charge is -2.47. The van der Waals surface area contributed by atoms with Crippen molar-refractivity contribution >= 4 is 56.1 Å². The van der Waals surface area contributed by atoms with Crippen LogP contribution in [0.3, 0.4) is 0 Å². The van der Waals surface area contributed by atoms with Crippen LogP contribution in [0.15, 0.2) is 73.2 Å². The van der Waals surface area contributed by atoms with Crippen molar-refractivity contribution in [1.82, 2.24) is 39.3 Å². The summed E-state index contributed by atoms with van der Waals surface area (Å²) in [6, 6.07) is 19.1. The van der Waals surface area contributed by atoms with Crippen molar-refractivity contribution in [3.05, 3.63) is 84.3 Å². The maximum atomic E-state index is 13.5. The van der Waals surface area contributed by atoms with Crippen LogP contribution in [0.2, 0.25) is 0 Å². The zero-order chi connectivity index (χ0) is 38.3. The van der Waals surface area contributed by atoms with Crippen LogP contribution in [0.1, 0.15) is 48.0 Å². The molecule has 3 aromatic heterocycles. The minimum Gasteiger partial charge on any atom is -0.368 e. The quantitative estimate of drug-likeness (QED) is 0.176. The lowest BCUT2D eigenvalue weighted by atomic mass is 9.89. The van der Waals surface area contributed by atoms with Crippen LogP contribution in [0, 0.1) is 11.3 Å². The number of carbonyl (C=O) groups excluding carboxylic acids is 3. The summed E-state index contributed by atoms with van der Waals surface area (Å²) in [7, 11) is -3.38. The maximum Gasteiger partial charge on any atom is 0.253 e. The van der Waals surface area contributed by atoms with Crippen molar-refractivity contribution in [2.24, 2.45) is 0 Å². The fourth-order valence-electron chi connectivity index (χ4n) is 7.50. The molecule has 8 rings (SSSR count). The molecule has 3 aliphatic heterocycles. The molecule has 3 saturated heterocycles. The number of carbonyl (C=O) groups is 3. The molecule has 3 amide bonds. The first-order chi connectivity index (χ1) is 26.6. The molecule has 0 radical (unpaired) electrons. The molecule has 3 fully saturated rings. The van der Waals surface area contributed by atoms with E-state index in [-0.39, 0.29) is 48.9 Å². The number of anilines is 3. The lowest BCUT2D eigenvalue weighted by Crippen LogP contribution is -2.64. The molecule has 3 N–H and O–H groups in total. The number of aromatic nitrogens is 5. The van der Waals surface area contributed by atoms with E-state index in [9.17, 15) is 28.1 Å². The largest absolute Gasteiger partial charge is 0.368 e. The zero-order valence-electron chi connectivity index (χ0n) is 30.1. The van der Waals surface area contributed by atoms with E-state index in [1.54, 1.807) is 42.3 Å². The van der Waals surface area contributed by atoms with E-state index < -0.39 is 15.6 Å². The third kappa shape index (κ3) is 6.90. The van der Waals surface area contributed by atoms with Gasteiger partial charge in [0, 0.05) is 86.0 Å². The second-order valence-electron chi connectivity index (χ2n) is 14.1. The molecule has 17 heteroatoms. The number of nitrogens with zero attached hydrogens (tertiary/aromatic N) is 8. The Labute approximate surface area is 317 Å². The number of nitrogens with one attached hydrogen (secondary N) is 3. The van der Waals surface area contributed by atoms with Crippen LogP contribution >= 0.6 is 0 Å². The summed E-state index contributed by atoms with van der Waals surface area (Å²) >= 11 is 0. The Balaban J connectivity index is 0.911. The fraction of sp³-hybridized carbons (Fsp3) is 0.342. The van der Waals surface area contributed by atoms with Gasteiger partial charge in [-0.3, -0.25) is 24.4 Å². The van der Waals surface area contributed by atoms with Gasteiger partial charge in [-0.2, -0.15) is 19.6 Å². The summed E-state index contributed by atoms with van der Waals surface area (Å²) in [5, 5.41) is 20.6. The Hall–Kier alpha value is -6.12. The van der Waals surface area contributed by atoms with E-state index in [0.717, 1.165) is 16.6 Å². The second kappa shape index (κ2) is 14.3. The van der Waals surface area contributed by atoms with E-state index in [4.69, 9.17) is 4.98 Å². The first-order valence-corrected chi connectivity index (χ1v) is 19.8. The molecule has 1 atom stereocenters. The highest BCUT2D eigenvalue weighted by atomic mass is 32.2. The monoisotopic (exact) mass is 761 g/mol. The number of piperidine rings is 1. The Morgan fingerprint density at radius 1 is 1.02 bits per heavy atom. The standard InChI is InChI=1S/C38H39N11O5S/c1-2-55(53,54)48-23-38(24-48,14-15-39)49-22-27(21-41-49)33-31-13-16-40-34(31)45-37(44-33)42-28-7-3-26(4-8-28)36(52)47-19-17-46(18-20-47)29-9-5-25(6-10-29)30-11-12-32(50)43-35(30)51/h3-10,13,16,21-22,30H,2,11-12,14,17-20,23-24H2,1H3,(H,43,50,51)(H2,40,42,44,45). The Morgan fingerprint density at radius 3 is 2.45 bits per heavy atom. The normalized spacial score (nSPS) is 18.8. The number of fused-ring (bicyclic) bond motifs is 1. The molecular formula is C38H39N11O5S. The fourth-order valence-corrected chi connectivity index (χ4v) is 8.74. The van der Waals surface area contributed by atoms with E-state index in [1.807, 2.05) is 47.4 Å². The summed E-state index contributed by atoms with van der Waals surface area (Å²) in [6.45, 7) is 4.40. The summed E-state index contributed by atoms with van der Waals surface area (Å²) in [6.07, 6.45) is 6.19. The zero-order valence-corrected chi connectivity index (χ0v) is 30.9. The number of rotatable bonds is 10. The third-order valence-electron chi connectivity index (χ3n) is 10.7. The van der Waals surface area contributed by atoms with Crippen molar-refractivity contribution in [3.8, 4) is 17.3 Å². The summed E-state index contributed by atoms with van der Waals surface area (Å²) in [5.74, 6) is -0.534. The van der Waals surface area contributed by atoms with Gasteiger partial charge in [0.15, 0.2) is 0 Å². The van der Waals surface area contributed by atoms with Crippen molar-refractivity contribution in [2.75, 3.05) is 55.2 Å². The molecule has 0 bridgehead atoms. The maximum absolute atomic E-state index is 13.5. The number of aromatic amines is 1. The van der Waals surface area contributed by atoms with Crippen LogP contribution in [-0.4, -0.2) is 105 Å². The van der Waals surface area contributed by atoms with Crippen LogP contribution in [0.25, 0.3) is 22.3 Å². The number of hydrogen-bond acceptors (Lipinski definition) is 11. The van der Waals surface area contributed by atoms with Gasteiger partial charge in [-0.1, -0.05) is 12.1 Å². The van der Waals surface area contributed by atoms with Crippen LogP contribution in [0.4, 0.5) is 17.3 Å². The van der Waals surface area contributed by atoms with Crippen molar-refractivity contribution < 1.29 is 22.8 Å². The predicted molar refractivity (Wildman–Crippen MR) is 204 cm³/mol. The average Bonchev–Trinajstić information content (AvgIpc) is 3.87. The molecule has 3 aliphatic rings. The number of sulfonamides is 1. The van der Waals surface area contributed by atoms with Gasteiger partial charge in [0.25, 0.3) is 5.91 Å². The molecule has 16 nitrogen and oxygen atoms in total. The predicted octanol–water partition coefficient (Wildman–Crippen LogP) is 3.32. The van der Waals surface area contributed by atoms with Crippen molar-refractivity contribution in [3.63, 3.8) is 0 Å². The highest BCUT2D eigenvalue weighted by Gasteiger charge is 2.49. The Kier molecular flexibility index (Phi) is 9.31. The molecule has 5 aromatic rings. The number of H-pyrrole nitrogens is 1. The van der Waals surface area contributed by atoms with Gasteiger partial charge in [-0.15, -0.1) is 0 Å². The second-order valence-corrected chi connectivity index (χ2v) is 16.4. The number of imide groups is 1. The minimum atomic E-state index is -3.38. The number of nitriles is 1. The molecule has 0 spiro atoms. The highest BCUT2D eigenvalue weighted by Crippen LogP contribution is 2.36. The molecule has 0 saturated carbocycles. The van der Waals surface area contributed by atoms with Gasteiger partial charge in [-0.05, 0) is 61.4 Å². The lowest BCUT2D eigenvalue weighted by molar-refractivity contribution is -0.134. The summed E-state index contributed by atoms with van der Waals surface area (Å²) in [5.41, 5.74) is 4.31. The van der Waals surface area contributed by atoms with Crippen LogP contribution in [0.5, 0.6) is 0 Å². The van der Waals surface area contributed by atoms with E-state index >= 15 is 0 Å². The third-order valence-corrected chi connectivity index (χ3v) is 12.5. The highest BCUT2D eigenvalue weighted by molar-refractivity contribution is 7.89. The van der Waals surface area contributed by atoms with Gasteiger partial charge in [0.05, 0.1) is 36.1 Å². The average molecular weight is 762 g/mol. The molecule has 282 valence electrons. The van der Waals surface area contributed by atoms with Crippen LogP contribution in [-0.2, 0) is 25.2 Å². The Morgan fingerprint density at radius 2 is 1.76 bits per heavy atom. The minimum absolute atomic E-state index is 0.00641. The molecular weight excluding hydrogens is 723 g/mol. The Bertz CT molecular complexity index is 2420. The van der Waals surface area contributed by atoms with E-state index in [1.165, 1.54) is 4.31 Å². The molecule has 6 heterocycles. The van der Waals surface area contributed by atoms with Gasteiger partial charge in [-0.25, -0.2) is 13.4 Å². The van der Waals surface area contributed by atoms with Gasteiger partial charge < -0.3 is 20.1 Å². The first kappa shape index (κ1) is 35.9. The molecule has 55 heavy (non-hydrogen) atoms. The van der Waals surface area contributed by atoms with Gasteiger partial charge in [0.1, 0.15) is 11.2 Å². The topological polar surface area (TPSA) is 202 Å². The summed E-state index contributed by atoms with van der Waals surface area (Å²) < 4.78 is 27.9. The van der Waals surface area contributed by atoms with Crippen molar-refractivity contribution in [2.45, 2.75) is 37.6 Å². The number of amides is 3. The molecule has 0 aliphatic carbocycles. The SMILES string of the molecule is CCS(=O)(=O)N1CC(CC#N)(n2cc(-c3nc(Nc4ccc(C(=O)N5CCN(c6ccc(C7CCC(=O)NC7=O)cc6)CC5)cc4)nc4[nH]ccc34)cn2)C1. The summed E-state index contributed by atoms with van der Waals surface area (Å²) in [4.78, 5) is 53.9. The van der Waals surface area contributed by atoms with Gasteiger partial charge in [0.2, 0.25) is 27.8 Å². The van der Waals surface area contributed by atoms with E-state index in [0.29, 0.717) is 73.1 Å². The van der Waals surface area contributed by atoms with Gasteiger partial charge >= 0.3 is 0 Å². The van der Waals surface area contributed by atoms with E-state index in [2.05, 4.69) is 36.7 Å². The smallest absolute Gasteiger partial charge is 0.253 e. The molecule has 1 unspecified atom stereocenters. The first-order valence-electron chi connectivity index (χ1n) is 18.2. The van der Waals surface area contributed by atoms with Crippen LogP contribution < -0.4 is 15.5 Å². The number of benzene rings is 2.